The largest absolute Gasteiger partial charge is 0.417 e. The lowest BCUT2D eigenvalue weighted by Crippen LogP contribution is -2.39. The molecule has 0 aliphatic carbocycles. The van der Waals surface area contributed by atoms with Crippen molar-refractivity contribution < 1.29 is 27.6 Å². The molecule has 0 fully saturated rings. The van der Waals surface area contributed by atoms with Crippen molar-refractivity contribution in [2.75, 3.05) is 18.0 Å². The van der Waals surface area contributed by atoms with Gasteiger partial charge in [0.25, 0.3) is 0 Å². The topological polar surface area (TPSA) is 106 Å². The predicted octanol–water partition coefficient (Wildman–Crippen LogP) is 0.295. The van der Waals surface area contributed by atoms with Gasteiger partial charge in [-0.25, -0.2) is 0 Å². The highest BCUT2D eigenvalue weighted by molar-refractivity contribution is 5.86. The van der Waals surface area contributed by atoms with Gasteiger partial charge in [0.2, 0.25) is 11.8 Å². The van der Waals surface area contributed by atoms with Crippen molar-refractivity contribution >= 4 is 23.8 Å². The molecular formula is C12H12F3N3O3. The fraction of sp³-hybridized carbons (Fsp3) is 0.250. The molecule has 0 heterocycles. The number of nitrogens with two attached hydrogens (primary N) is 2. The number of primary amides is 2. The average Bonchev–Trinajstić information content (AvgIpc) is 2.35. The van der Waals surface area contributed by atoms with Gasteiger partial charge in [0.15, 0.2) is 6.29 Å². The van der Waals surface area contributed by atoms with E-state index in [2.05, 4.69) is 0 Å². The summed E-state index contributed by atoms with van der Waals surface area (Å²) in [5.74, 6) is -1.69. The Morgan fingerprint density at radius 1 is 1.14 bits per heavy atom. The van der Waals surface area contributed by atoms with E-state index >= 15 is 0 Å². The van der Waals surface area contributed by atoms with Crippen molar-refractivity contribution in [1.29, 1.82) is 0 Å². The highest BCUT2D eigenvalue weighted by atomic mass is 19.4. The molecule has 0 saturated carbocycles. The standard InChI is InChI=1S/C12H12F3N3O3/c13-12(14,15)9-3-8(2-1-7(9)6-19)18(4-10(16)20)5-11(17)21/h1-3,6H,4-5H2,(H2,16,20)(H2,17,21). The monoisotopic (exact) mass is 303 g/mol. The molecule has 1 rings (SSSR count). The average molecular weight is 303 g/mol. The summed E-state index contributed by atoms with van der Waals surface area (Å²) in [7, 11) is 0. The molecule has 1 aromatic carbocycles. The van der Waals surface area contributed by atoms with Crippen LogP contribution < -0.4 is 16.4 Å². The van der Waals surface area contributed by atoms with Crippen LogP contribution >= 0.6 is 0 Å². The molecule has 6 nitrogen and oxygen atoms in total. The molecule has 2 amide bonds. The lowest BCUT2D eigenvalue weighted by atomic mass is 10.1. The Labute approximate surface area is 117 Å². The van der Waals surface area contributed by atoms with E-state index in [-0.39, 0.29) is 12.0 Å². The van der Waals surface area contributed by atoms with Gasteiger partial charge in [-0.2, -0.15) is 13.2 Å². The Bertz CT molecular complexity index is 557. The van der Waals surface area contributed by atoms with E-state index in [1.54, 1.807) is 0 Å². The summed E-state index contributed by atoms with van der Waals surface area (Å²) < 4.78 is 38.5. The van der Waals surface area contributed by atoms with Gasteiger partial charge in [-0.1, -0.05) is 0 Å². The number of alkyl halides is 3. The second-order valence-corrected chi connectivity index (χ2v) is 4.18. The smallest absolute Gasteiger partial charge is 0.368 e. The molecular weight excluding hydrogens is 291 g/mol. The minimum absolute atomic E-state index is 0.0686. The number of aldehydes is 1. The summed E-state index contributed by atoms with van der Waals surface area (Å²) >= 11 is 0. The number of carbonyl (C=O) groups excluding carboxylic acids is 3. The van der Waals surface area contributed by atoms with Gasteiger partial charge in [-0.05, 0) is 18.2 Å². The lowest BCUT2D eigenvalue weighted by molar-refractivity contribution is -0.137. The summed E-state index contributed by atoms with van der Waals surface area (Å²) in [6.45, 7) is -0.971. The zero-order valence-electron chi connectivity index (χ0n) is 10.7. The van der Waals surface area contributed by atoms with Gasteiger partial charge in [0.1, 0.15) is 0 Å². The van der Waals surface area contributed by atoms with E-state index in [9.17, 15) is 27.6 Å². The van der Waals surface area contributed by atoms with Crippen LogP contribution in [0.3, 0.4) is 0 Å². The molecule has 0 aliphatic heterocycles. The summed E-state index contributed by atoms with van der Waals surface area (Å²) in [4.78, 5) is 33.5. The number of anilines is 1. The first-order chi connectivity index (χ1) is 9.65. The second kappa shape index (κ2) is 6.25. The van der Waals surface area contributed by atoms with Crippen LogP contribution in [-0.2, 0) is 15.8 Å². The van der Waals surface area contributed by atoms with Gasteiger partial charge in [-0.15, -0.1) is 0 Å². The molecule has 114 valence electrons. The van der Waals surface area contributed by atoms with Gasteiger partial charge < -0.3 is 16.4 Å². The van der Waals surface area contributed by atoms with Crippen LogP contribution in [0.1, 0.15) is 15.9 Å². The first-order valence-electron chi connectivity index (χ1n) is 5.63. The Morgan fingerprint density at radius 3 is 2.05 bits per heavy atom. The maximum absolute atomic E-state index is 12.8. The van der Waals surface area contributed by atoms with E-state index in [0.29, 0.717) is 6.07 Å². The van der Waals surface area contributed by atoms with E-state index in [1.807, 2.05) is 0 Å². The number of hydrogen-bond acceptors (Lipinski definition) is 4. The highest BCUT2D eigenvalue weighted by Crippen LogP contribution is 2.34. The number of benzene rings is 1. The molecule has 0 bridgehead atoms. The quantitative estimate of drug-likeness (QED) is 0.737. The third-order valence-corrected chi connectivity index (χ3v) is 2.53. The maximum atomic E-state index is 12.8. The maximum Gasteiger partial charge on any atom is 0.417 e. The minimum Gasteiger partial charge on any atom is -0.368 e. The van der Waals surface area contributed by atoms with Crippen molar-refractivity contribution in [3.63, 3.8) is 0 Å². The van der Waals surface area contributed by atoms with Gasteiger partial charge in [0, 0.05) is 11.3 Å². The SMILES string of the molecule is NC(=O)CN(CC(N)=O)c1ccc(C=O)c(C(F)(F)F)c1. The minimum atomic E-state index is -4.75. The summed E-state index contributed by atoms with van der Waals surface area (Å²) in [6, 6.07) is 2.78. The van der Waals surface area contributed by atoms with Gasteiger partial charge >= 0.3 is 6.18 Å². The number of nitrogens with zero attached hydrogens (tertiary/aromatic N) is 1. The lowest BCUT2D eigenvalue weighted by Gasteiger charge is -2.23. The predicted molar refractivity (Wildman–Crippen MR) is 67.4 cm³/mol. The molecule has 0 radical (unpaired) electrons. The van der Waals surface area contributed by atoms with Crippen molar-refractivity contribution in [3.05, 3.63) is 29.3 Å². The number of halogens is 3. The molecule has 0 atom stereocenters. The van der Waals surface area contributed by atoms with Crippen LogP contribution in [0.5, 0.6) is 0 Å². The van der Waals surface area contributed by atoms with E-state index in [1.165, 1.54) is 6.07 Å². The molecule has 0 aliphatic rings. The second-order valence-electron chi connectivity index (χ2n) is 4.18. The van der Waals surface area contributed by atoms with E-state index in [4.69, 9.17) is 11.5 Å². The Hall–Kier alpha value is -2.58. The molecule has 0 spiro atoms. The third kappa shape index (κ3) is 4.48. The van der Waals surface area contributed by atoms with Gasteiger partial charge in [-0.3, -0.25) is 14.4 Å². The molecule has 0 unspecified atom stereocenters. The Morgan fingerprint density at radius 2 is 1.67 bits per heavy atom. The van der Waals surface area contributed by atoms with Crippen molar-refractivity contribution in [2.45, 2.75) is 6.18 Å². The number of carbonyl (C=O) groups is 3. The summed E-state index contributed by atoms with van der Waals surface area (Å²) in [5, 5.41) is 0. The highest BCUT2D eigenvalue weighted by Gasteiger charge is 2.34. The van der Waals surface area contributed by atoms with Crippen LogP contribution in [0.25, 0.3) is 0 Å². The van der Waals surface area contributed by atoms with Crippen molar-refractivity contribution in [1.82, 2.24) is 0 Å². The Balaban J connectivity index is 3.29. The summed E-state index contributed by atoms with van der Waals surface area (Å²) in [6.07, 6.45) is -4.68. The molecule has 9 heteroatoms. The van der Waals surface area contributed by atoms with Crippen LogP contribution in [0.2, 0.25) is 0 Å². The fourth-order valence-corrected chi connectivity index (χ4v) is 1.70. The number of hydrogen-bond donors (Lipinski definition) is 2. The van der Waals surface area contributed by atoms with Gasteiger partial charge in [0.05, 0.1) is 18.7 Å². The van der Waals surface area contributed by atoms with E-state index < -0.39 is 42.2 Å². The van der Waals surface area contributed by atoms with Crippen molar-refractivity contribution in [2.24, 2.45) is 11.5 Å². The van der Waals surface area contributed by atoms with Crippen LogP contribution in [0.15, 0.2) is 18.2 Å². The molecule has 1 aromatic rings. The number of rotatable bonds is 6. The van der Waals surface area contributed by atoms with Crippen LogP contribution in [0.4, 0.5) is 18.9 Å². The molecule has 0 saturated heterocycles. The van der Waals surface area contributed by atoms with Crippen molar-refractivity contribution in [3.8, 4) is 0 Å². The first kappa shape index (κ1) is 16.5. The summed E-state index contributed by atoms with van der Waals surface area (Å²) in [5.41, 5.74) is 8.13. The van der Waals surface area contributed by atoms with Crippen LogP contribution in [-0.4, -0.2) is 31.2 Å². The molecule has 4 N–H and O–H groups in total. The van der Waals surface area contributed by atoms with Crippen LogP contribution in [0, 0.1) is 0 Å². The molecule has 0 aromatic heterocycles. The normalized spacial score (nSPS) is 11.0. The zero-order chi connectivity index (χ0) is 16.2. The number of amides is 2. The van der Waals surface area contributed by atoms with E-state index in [0.717, 1.165) is 11.0 Å². The first-order valence-corrected chi connectivity index (χ1v) is 5.63. The molecule has 21 heavy (non-hydrogen) atoms. The fourth-order valence-electron chi connectivity index (χ4n) is 1.70. The third-order valence-electron chi connectivity index (χ3n) is 2.53. The zero-order valence-corrected chi connectivity index (χ0v) is 10.7. The Kier molecular flexibility index (Phi) is 4.90.